The quantitative estimate of drug-likeness (QED) is 0.755. The third-order valence-electron chi connectivity index (χ3n) is 3.74. The predicted molar refractivity (Wildman–Crippen MR) is 78.2 cm³/mol. The zero-order valence-electron chi connectivity index (χ0n) is 11.8. The Morgan fingerprint density at radius 2 is 2.26 bits per heavy atom. The second-order valence-corrected chi connectivity index (χ2v) is 5.26. The maximum absolute atomic E-state index is 9.16. The number of hydrogen-bond acceptors (Lipinski definition) is 4. The molecule has 2 N–H and O–H groups in total. The summed E-state index contributed by atoms with van der Waals surface area (Å²) in [7, 11) is 0. The molecule has 2 rings (SSSR count). The molecule has 0 spiro atoms. The zero-order valence-corrected chi connectivity index (χ0v) is 11.8. The van der Waals surface area contributed by atoms with Crippen molar-refractivity contribution in [3.05, 3.63) is 23.9 Å². The van der Waals surface area contributed by atoms with Crippen LogP contribution in [0.4, 0.5) is 5.82 Å². The molecular formula is C15H25N3O. The highest BCUT2D eigenvalue weighted by molar-refractivity contribution is 5.35. The van der Waals surface area contributed by atoms with Gasteiger partial charge in [0.15, 0.2) is 0 Å². The summed E-state index contributed by atoms with van der Waals surface area (Å²) >= 11 is 0. The number of aromatic nitrogens is 1. The fraction of sp³-hybridized carbons (Fsp3) is 0.667. The van der Waals surface area contributed by atoms with Crippen molar-refractivity contribution in [3.8, 4) is 0 Å². The number of anilines is 1. The van der Waals surface area contributed by atoms with Crippen LogP contribution in [0.1, 0.15) is 38.2 Å². The Hall–Kier alpha value is -1.13. The highest BCUT2D eigenvalue weighted by atomic mass is 16.3. The normalized spacial score (nSPS) is 15.5. The van der Waals surface area contributed by atoms with E-state index >= 15 is 0 Å². The van der Waals surface area contributed by atoms with Gasteiger partial charge in [-0.15, -0.1) is 0 Å². The third kappa shape index (κ3) is 4.18. The van der Waals surface area contributed by atoms with Gasteiger partial charge in [0, 0.05) is 31.9 Å². The van der Waals surface area contributed by atoms with Gasteiger partial charge in [-0.3, -0.25) is 4.90 Å². The van der Waals surface area contributed by atoms with E-state index in [2.05, 4.69) is 28.2 Å². The summed E-state index contributed by atoms with van der Waals surface area (Å²) in [5, 5.41) is 12.4. The zero-order chi connectivity index (χ0) is 13.5. The van der Waals surface area contributed by atoms with Crippen LogP contribution in [0.5, 0.6) is 0 Å². The summed E-state index contributed by atoms with van der Waals surface area (Å²) in [4.78, 5) is 6.81. The highest BCUT2D eigenvalue weighted by Crippen LogP contribution is 2.25. The molecule has 0 aromatic carbocycles. The number of aliphatic hydroxyl groups is 1. The van der Waals surface area contributed by atoms with Gasteiger partial charge in [0.05, 0.1) is 6.61 Å². The summed E-state index contributed by atoms with van der Waals surface area (Å²) in [5.74, 6) is 0.947. The van der Waals surface area contributed by atoms with E-state index in [0.717, 1.165) is 31.9 Å². The molecule has 1 aromatic heterocycles. The highest BCUT2D eigenvalue weighted by Gasteiger charge is 2.24. The molecule has 0 saturated heterocycles. The van der Waals surface area contributed by atoms with Gasteiger partial charge in [0.1, 0.15) is 5.82 Å². The molecule has 106 valence electrons. The Labute approximate surface area is 115 Å². The Morgan fingerprint density at radius 3 is 2.79 bits per heavy atom. The summed E-state index contributed by atoms with van der Waals surface area (Å²) < 4.78 is 0. The molecule has 1 heterocycles. The molecule has 1 aliphatic rings. The minimum absolute atomic E-state index is 0.236. The molecular weight excluding hydrogens is 238 g/mol. The van der Waals surface area contributed by atoms with Crippen LogP contribution >= 0.6 is 0 Å². The first kappa shape index (κ1) is 14.3. The van der Waals surface area contributed by atoms with Crippen molar-refractivity contribution < 1.29 is 5.11 Å². The summed E-state index contributed by atoms with van der Waals surface area (Å²) in [6.07, 6.45) is 6.91. The Balaban J connectivity index is 1.89. The van der Waals surface area contributed by atoms with Gasteiger partial charge in [-0.25, -0.2) is 4.98 Å². The number of pyridine rings is 1. The van der Waals surface area contributed by atoms with Crippen molar-refractivity contribution in [2.75, 3.05) is 25.0 Å². The van der Waals surface area contributed by atoms with Gasteiger partial charge < -0.3 is 10.4 Å². The lowest BCUT2D eigenvalue weighted by Gasteiger charge is -2.37. The maximum atomic E-state index is 9.16. The molecule has 1 saturated carbocycles. The minimum Gasteiger partial charge on any atom is -0.395 e. The molecule has 19 heavy (non-hydrogen) atoms. The maximum Gasteiger partial charge on any atom is 0.125 e. The van der Waals surface area contributed by atoms with E-state index in [4.69, 9.17) is 5.11 Å². The van der Waals surface area contributed by atoms with E-state index in [0.29, 0.717) is 6.04 Å². The van der Waals surface area contributed by atoms with E-state index in [1.807, 2.05) is 12.3 Å². The largest absolute Gasteiger partial charge is 0.395 e. The lowest BCUT2D eigenvalue weighted by Crippen LogP contribution is -2.41. The monoisotopic (exact) mass is 263 g/mol. The fourth-order valence-corrected chi connectivity index (χ4v) is 2.38. The van der Waals surface area contributed by atoms with Crippen LogP contribution in [-0.2, 0) is 6.54 Å². The molecule has 4 nitrogen and oxygen atoms in total. The first-order chi connectivity index (χ1) is 9.33. The summed E-state index contributed by atoms with van der Waals surface area (Å²) in [6, 6.07) is 4.83. The van der Waals surface area contributed by atoms with Crippen LogP contribution in [0.2, 0.25) is 0 Å². The average molecular weight is 263 g/mol. The molecule has 1 fully saturated rings. The SMILES string of the molecule is CCCNc1ccc(CN(CCO)C2CCC2)cn1. The van der Waals surface area contributed by atoms with Crippen LogP contribution in [0, 0.1) is 0 Å². The van der Waals surface area contributed by atoms with Crippen molar-refractivity contribution in [2.24, 2.45) is 0 Å². The molecule has 0 aliphatic heterocycles. The summed E-state index contributed by atoms with van der Waals surface area (Å²) in [6.45, 7) is 5.00. The van der Waals surface area contributed by atoms with Crippen LogP contribution < -0.4 is 5.32 Å². The van der Waals surface area contributed by atoms with Crippen molar-refractivity contribution in [2.45, 2.75) is 45.2 Å². The molecule has 1 aliphatic carbocycles. The Kier molecular flexibility index (Phi) is 5.61. The number of hydrogen-bond donors (Lipinski definition) is 2. The topological polar surface area (TPSA) is 48.4 Å². The number of nitrogens with one attached hydrogen (secondary N) is 1. The van der Waals surface area contributed by atoms with Crippen molar-refractivity contribution in [1.82, 2.24) is 9.88 Å². The van der Waals surface area contributed by atoms with Gasteiger partial charge >= 0.3 is 0 Å². The van der Waals surface area contributed by atoms with E-state index in [9.17, 15) is 0 Å². The number of rotatable bonds is 8. The second-order valence-electron chi connectivity index (χ2n) is 5.26. The first-order valence-electron chi connectivity index (χ1n) is 7.37. The molecule has 0 bridgehead atoms. The van der Waals surface area contributed by atoms with Gasteiger partial charge in [-0.1, -0.05) is 19.4 Å². The second kappa shape index (κ2) is 7.46. The molecule has 0 radical (unpaired) electrons. The molecule has 0 amide bonds. The van der Waals surface area contributed by atoms with Gasteiger partial charge in [0.2, 0.25) is 0 Å². The first-order valence-corrected chi connectivity index (χ1v) is 7.37. The van der Waals surface area contributed by atoms with Crippen LogP contribution in [-0.4, -0.2) is 40.7 Å². The third-order valence-corrected chi connectivity index (χ3v) is 3.74. The predicted octanol–water partition coefficient (Wildman–Crippen LogP) is 2.25. The number of nitrogens with zero attached hydrogens (tertiary/aromatic N) is 2. The van der Waals surface area contributed by atoms with Crippen LogP contribution in [0.3, 0.4) is 0 Å². The number of aliphatic hydroxyl groups excluding tert-OH is 1. The van der Waals surface area contributed by atoms with E-state index in [1.54, 1.807) is 0 Å². The van der Waals surface area contributed by atoms with E-state index in [1.165, 1.54) is 24.8 Å². The van der Waals surface area contributed by atoms with Crippen molar-refractivity contribution >= 4 is 5.82 Å². The van der Waals surface area contributed by atoms with Crippen LogP contribution in [0.15, 0.2) is 18.3 Å². The standard InChI is InChI=1S/C15H25N3O/c1-2-8-16-15-7-6-13(11-17-15)12-18(9-10-19)14-4-3-5-14/h6-7,11,14,19H,2-5,8-10,12H2,1H3,(H,16,17). The molecule has 4 heteroatoms. The molecule has 0 atom stereocenters. The van der Waals surface area contributed by atoms with Crippen molar-refractivity contribution in [1.29, 1.82) is 0 Å². The smallest absolute Gasteiger partial charge is 0.125 e. The molecule has 0 unspecified atom stereocenters. The van der Waals surface area contributed by atoms with Crippen LogP contribution in [0.25, 0.3) is 0 Å². The Bertz CT molecular complexity index is 362. The van der Waals surface area contributed by atoms with Gasteiger partial charge in [-0.2, -0.15) is 0 Å². The van der Waals surface area contributed by atoms with E-state index < -0.39 is 0 Å². The fourth-order valence-electron chi connectivity index (χ4n) is 2.38. The van der Waals surface area contributed by atoms with Gasteiger partial charge in [0.25, 0.3) is 0 Å². The van der Waals surface area contributed by atoms with Crippen molar-refractivity contribution in [3.63, 3.8) is 0 Å². The minimum atomic E-state index is 0.236. The summed E-state index contributed by atoms with van der Waals surface area (Å²) in [5.41, 5.74) is 1.22. The van der Waals surface area contributed by atoms with E-state index in [-0.39, 0.29) is 6.61 Å². The lowest BCUT2D eigenvalue weighted by molar-refractivity contribution is 0.0945. The Morgan fingerprint density at radius 1 is 1.42 bits per heavy atom. The van der Waals surface area contributed by atoms with Gasteiger partial charge in [-0.05, 0) is 30.9 Å². The average Bonchev–Trinajstić information content (AvgIpc) is 2.36. The lowest BCUT2D eigenvalue weighted by atomic mass is 9.91. The molecule has 1 aromatic rings.